The number of alkyl halides is 3. The molecule has 4 aromatic rings. The van der Waals surface area contributed by atoms with Crippen LogP contribution in [0, 0.1) is 0 Å². The van der Waals surface area contributed by atoms with Crippen LogP contribution in [0.25, 0.3) is 0 Å². The number of methoxy groups -OCH3 is 1. The Balaban J connectivity index is 1.22. The van der Waals surface area contributed by atoms with E-state index in [4.69, 9.17) is 82.2 Å². The summed E-state index contributed by atoms with van der Waals surface area (Å²) in [5, 5.41) is 29.3. The van der Waals surface area contributed by atoms with E-state index in [-0.39, 0.29) is 52.7 Å². The Kier molecular flexibility index (Phi) is 31.7. The fraction of sp³-hybridized carbons (Fsp3) is 0.569. The standard InChI is InChI=1S/C65H89Cl3N2O14/c1-4-6-7-8-9-10-11-12-13-14-15-16-26-33-51(71)39-55(72)69-56-58(73)59(78-41-48-29-22-18-23-30-48)54(84-62(56)77-38-5-2)45-81-63-57(70-64(74)82-46-65(66,67)68)61(80-43-50-34-36-52(75-3)37-35-50)60(79-42-49-31-24-19-25-32-49)53(83-63)44-76-40-47-27-20-17-21-28-47/h5,17-25,27-32,34-37,51,53-54,56-63,71,73H,2,4,6-16,26,33,38-46H2,1,3H3,(H,69,72)(H,70,74)/t51-,53-,54-,56-,57-,58-,59-,60-,61-,62+,63-/m1/s1. The van der Waals surface area contributed by atoms with E-state index in [1.807, 2.05) is 115 Å². The molecule has 6 rings (SSSR count). The highest BCUT2D eigenvalue weighted by atomic mass is 35.6. The van der Waals surface area contributed by atoms with Gasteiger partial charge >= 0.3 is 6.09 Å². The van der Waals surface area contributed by atoms with Crippen molar-refractivity contribution < 1.29 is 67.2 Å². The lowest BCUT2D eigenvalue weighted by molar-refractivity contribution is -0.315. The summed E-state index contributed by atoms with van der Waals surface area (Å²) in [4.78, 5) is 27.7. The first kappa shape index (κ1) is 68.7. The zero-order valence-corrected chi connectivity index (χ0v) is 51.1. The lowest BCUT2D eigenvalue weighted by Gasteiger charge is -2.47. The Bertz CT molecular complexity index is 2410. The Hall–Kier alpha value is -4.37. The molecule has 19 heteroatoms. The van der Waals surface area contributed by atoms with Crippen molar-refractivity contribution in [3.63, 3.8) is 0 Å². The summed E-state index contributed by atoms with van der Waals surface area (Å²) < 4.78 is 61.8. The SMILES string of the molecule is C=CCO[C@H]1O[C@H](CO[C@@H]2O[C@H](COCc3ccccc3)[C@@H](OCc3ccccc3)[C@H](OCc3ccc(OC)cc3)[C@H]2NC(=O)OCC(Cl)(Cl)Cl)[C@@H](OCc2ccccc2)[C@H](O)[C@H]1NC(=O)C[C@H](O)CCCCCCCCCCCCCCC. The van der Waals surface area contributed by atoms with Crippen LogP contribution in [-0.2, 0) is 73.9 Å². The molecule has 2 aliphatic heterocycles. The van der Waals surface area contributed by atoms with E-state index < -0.39 is 89.8 Å². The van der Waals surface area contributed by atoms with Gasteiger partial charge in [0.05, 0.1) is 65.9 Å². The Morgan fingerprint density at radius 3 is 1.63 bits per heavy atom. The number of unbranched alkanes of at least 4 members (excludes halogenated alkanes) is 12. The molecule has 2 aliphatic rings. The van der Waals surface area contributed by atoms with Crippen LogP contribution in [0.4, 0.5) is 4.79 Å². The van der Waals surface area contributed by atoms with E-state index >= 15 is 0 Å². The first-order valence-electron chi connectivity index (χ1n) is 29.8. The fourth-order valence-electron chi connectivity index (χ4n) is 10.2. The minimum absolute atomic E-state index is 0.00910. The van der Waals surface area contributed by atoms with Gasteiger partial charge in [-0.15, -0.1) is 6.58 Å². The van der Waals surface area contributed by atoms with Gasteiger partial charge in [0.15, 0.2) is 12.6 Å². The Labute approximate surface area is 512 Å². The second-order valence-corrected chi connectivity index (χ2v) is 24.0. The molecule has 4 aromatic carbocycles. The van der Waals surface area contributed by atoms with Crippen LogP contribution in [0.5, 0.6) is 5.75 Å². The largest absolute Gasteiger partial charge is 0.497 e. The van der Waals surface area contributed by atoms with E-state index in [2.05, 4.69) is 24.1 Å². The van der Waals surface area contributed by atoms with Gasteiger partial charge in [0.1, 0.15) is 61.1 Å². The van der Waals surface area contributed by atoms with Gasteiger partial charge in [0, 0.05) is 0 Å². The minimum Gasteiger partial charge on any atom is -0.497 e. The summed E-state index contributed by atoms with van der Waals surface area (Å²) in [5.41, 5.74) is 3.36. The van der Waals surface area contributed by atoms with Crippen LogP contribution in [0.15, 0.2) is 128 Å². The first-order valence-corrected chi connectivity index (χ1v) is 30.9. The normalized spacial score (nSPS) is 22.9. The van der Waals surface area contributed by atoms with Crippen LogP contribution in [0.3, 0.4) is 0 Å². The van der Waals surface area contributed by atoms with Crippen molar-refractivity contribution in [1.29, 1.82) is 0 Å². The molecule has 2 fully saturated rings. The number of hydrogen-bond acceptors (Lipinski definition) is 14. The molecule has 464 valence electrons. The van der Waals surface area contributed by atoms with Gasteiger partial charge in [-0.1, -0.05) is 234 Å². The molecule has 0 bridgehead atoms. The molecule has 0 aliphatic carbocycles. The molecule has 0 unspecified atom stereocenters. The van der Waals surface area contributed by atoms with Crippen molar-refractivity contribution in [1.82, 2.24) is 10.6 Å². The summed E-state index contributed by atoms with van der Waals surface area (Å²) in [6, 6.07) is 33.6. The maximum absolute atomic E-state index is 13.9. The molecule has 0 saturated carbocycles. The van der Waals surface area contributed by atoms with Gasteiger partial charge in [-0.05, 0) is 40.8 Å². The predicted molar refractivity (Wildman–Crippen MR) is 325 cm³/mol. The zero-order chi connectivity index (χ0) is 59.8. The van der Waals surface area contributed by atoms with Crippen molar-refractivity contribution >= 4 is 46.8 Å². The number of rotatable bonds is 39. The molecule has 11 atom stereocenters. The summed E-state index contributed by atoms with van der Waals surface area (Å²) in [6.45, 7) is 5.52. The third kappa shape index (κ3) is 25.2. The van der Waals surface area contributed by atoms with Crippen molar-refractivity contribution in [2.75, 3.05) is 33.5 Å². The van der Waals surface area contributed by atoms with Crippen LogP contribution in [0.2, 0.25) is 0 Å². The zero-order valence-electron chi connectivity index (χ0n) is 48.8. The summed E-state index contributed by atoms with van der Waals surface area (Å²) >= 11 is 18.2. The van der Waals surface area contributed by atoms with Crippen molar-refractivity contribution in [3.8, 4) is 5.75 Å². The van der Waals surface area contributed by atoms with Gasteiger partial charge in [0.25, 0.3) is 0 Å². The number of halogens is 3. The fourth-order valence-corrected chi connectivity index (χ4v) is 10.4. The van der Waals surface area contributed by atoms with Gasteiger partial charge in [-0.2, -0.15) is 0 Å². The predicted octanol–water partition coefficient (Wildman–Crippen LogP) is 12.2. The van der Waals surface area contributed by atoms with E-state index in [9.17, 15) is 19.8 Å². The van der Waals surface area contributed by atoms with Crippen LogP contribution >= 0.6 is 34.8 Å². The van der Waals surface area contributed by atoms with Crippen LogP contribution in [0.1, 0.15) is 125 Å². The number of alkyl carbamates (subject to hydrolysis) is 1. The highest BCUT2D eigenvalue weighted by Crippen LogP contribution is 2.33. The third-order valence-corrected chi connectivity index (χ3v) is 15.1. The molecule has 0 radical (unpaired) electrons. The third-order valence-electron chi connectivity index (χ3n) is 14.7. The second-order valence-electron chi connectivity index (χ2n) is 21.5. The van der Waals surface area contributed by atoms with Gasteiger partial charge < -0.3 is 68.2 Å². The molecule has 84 heavy (non-hydrogen) atoms. The lowest BCUT2D eigenvalue weighted by Crippen LogP contribution is -2.67. The molecular weight excluding hydrogens is 1140 g/mol. The van der Waals surface area contributed by atoms with Gasteiger partial charge in [-0.3, -0.25) is 4.79 Å². The second kappa shape index (κ2) is 38.7. The number of carbonyl (C=O) groups is 2. The molecular formula is C65H89Cl3N2O14. The number of nitrogens with one attached hydrogen (secondary N) is 2. The topological polar surface area (TPSA) is 191 Å². The number of hydrogen-bond donors (Lipinski definition) is 4. The maximum Gasteiger partial charge on any atom is 0.407 e. The molecule has 0 aromatic heterocycles. The van der Waals surface area contributed by atoms with E-state index in [1.54, 1.807) is 7.11 Å². The molecule has 2 amide bonds. The van der Waals surface area contributed by atoms with Gasteiger partial charge in [-0.25, -0.2) is 4.79 Å². The summed E-state index contributed by atoms with van der Waals surface area (Å²) in [6.07, 6.45) is 6.37. The van der Waals surface area contributed by atoms with Crippen molar-refractivity contribution in [2.45, 2.75) is 201 Å². The number of carbonyl (C=O) groups excluding carboxylic acids is 2. The van der Waals surface area contributed by atoms with Crippen LogP contribution < -0.4 is 15.4 Å². The number of benzene rings is 4. The Morgan fingerprint density at radius 1 is 0.607 bits per heavy atom. The highest BCUT2D eigenvalue weighted by molar-refractivity contribution is 6.67. The number of ether oxygens (including phenoxy) is 10. The maximum atomic E-state index is 13.9. The molecule has 2 heterocycles. The minimum atomic E-state index is -1.94. The van der Waals surface area contributed by atoms with E-state index in [0.29, 0.717) is 12.2 Å². The van der Waals surface area contributed by atoms with Crippen molar-refractivity contribution in [3.05, 3.63) is 150 Å². The average Bonchev–Trinajstić information content (AvgIpc) is 3.03. The van der Waals surface area contributed by atoms with Crippen molar-refractivity contribution in [2.24, 2.45) is 0 Å². The summed E-state index contributed by atoms with van der Waals surface area (Å²) in [5.74, 6) is 0.153. The molecule has 16 nitrogen and oxygen atoms in total. The van der Waals surface area contributed by atoms with Crippen LogP contribution in [-0.4, -0.2) is 127 Å². The quantitative estimate of drug-likeness (QED) is 0.0187. The first-order chi connectivity index (χ1) is 40.8. The monoisotopic (exact) mass is 1230 g/mol. The Morgan fingerprint density at radius 2 is 1.10 bits per heavy atom. The number of aliphatic hydroxyl groups is 2. The molecule has 4 N–H and O–H groups in total. The smallest absolute Gasteiger partial charge is 0.407 e. The lowest BCUT2D eigenvalue weighted by atomic mass is 9.95. The molecule has 0 spiro atoms. The highest BCUT2D eigenvalue weighted by Gasteiger charge is 2.52. The number of amides is 2. The van der Waals surface area contributed by atoms with Gasteiger partial charge in [0.2, 0.25) is 9.70 Å². The van der Waals surface area contributed by atoms with E-state index in [1.165, 1.54) is 63.9 Å². The summed E-state index contributed by atoms with van der Waals surface area (Å²) in [7, 11) is 1.58. The number of aliphatic hydroxyl groups excluding tert-OH is 2. The average molecular weight is 1230 g/mol. The molecule has 2 saturated heterocycles. The van der Waals surface area contributed by atoms with E-state index in [0.717, 1.165) is 47.9 Å².